The van der Waals surface area contributed by atoms with Gasteiger partial charge in [0.25, 0.3) is 0 Å². The molecule has 0 aromatic rings. The maximum absolute atomic E-state index is 12.0. The largest absolute Gasteiger partial charge is 0.481 e. The van der Waals surface area contributed by atoms with Crippen LogP contribution in [0.25, 0.3) is 0 Å². The highest BCUT2D eigenvalue weighted by Crippen LogP contribution is 2.52. The number of alkyl carbamates (subject to hydrolysis) is 1. The topological polar surface area (TPSA) is 257 Å². The molecule has 1 unspecified atom stereocenters. The van der Waals surface area contributed by atoms with Gasteiger partial charge in [-0.3, -0.25) is 9.59 Å². The van der Waals surface area contributed by atoms with E-state index >= 15 is 0 Å². The number of amides is 4. The van der Waals surface area contributed by atoms with E-state index in [-0.39, 0.29) is 38.3 Å². The van der Waals surface area contributed by atoms with E-state index in [2.05, 4.69) is 33.1 Å². The summed E-state index contributed by atoms with van der Waals surface area (Å²) in [5.41, 5.74) is 0. The zero-order valence-electron chi connectivity index (χ0n) is 29.6. The Kier molecular flexibility index (Phi) is 22.5. The number of nitrogens with one attached hydrogen (secondary N) is 4. The lowest BCUT2D eigenvalue weighted by Gasteiger charge is -2.18. The summed E-state index contributed by atoms with van der Waals surface area (Å²) in [6, 6.07) is -3.82. The molecule has 0 aromatic heterocycles. The monoisotopic (exact) mass is 742 g/mol. The number of carbonyl (C=O) groups excluding carboxylic acids is 3. The van der Waals surface area contributed by atoms with E-state index in [1.165, 1.54) is 0 Å². The summed E-state index contributed by atoms with van der Waals surface area (Å²) in [5.74, 6) is 3.86. The predicted octanol–water partition coefficient (Wildman–Crippen LogP) is 0.966. The van der Waals surface area contributed by atoms with Gasteiger partial charge in [-0.25, -0.2) is 19.2 Å². The van der Waals surface area contributed by atoms with Crippen LogP contribution in [0.15, 0.2) is 0 Å². The Hall–Kier alpha value is -4.18. The summed E-state index contributed by atoms with van der Waals surface area (Å²) >= 11 is 0. The highest BCUT2D eigenvalue weighted by atomic mass is 16.6. The third-order valence-corrected chi connectivity index (χ3v) is 8.45. The van der Waals surface area contributed by atoms with Gasteiger partial charge < -0.3 is 60.3 Å². The van der Waals surface area contributed by atoms with Gasteiger partial charge in [0.1, 0.15) is 12.1 Å². The molecule has 2 aliphatic rings. The van der Waals surface area contributed by atoms with Crippen molar-refractivity contribution >= 4 is 35.9 Å². The summed E-state index contributed by atoms with van der Waals surface area (Å²) in [6.07, 6.45) is 3.73. The number of carbonyl (C=O) groups is 6. The van der Waals surface area contributed by atoms with Gasteiger partial charge in [-0.1, -0.05) is 0 Å². The van der Waals surface area contributed by atoms with Crippen LogP contribution in [-0.2, 0) is 42.9 Å². The summed E-state index contributed by atoms with van der Waals surface area (Å²) in [4.78, 5) is 69.3. The molecule has 2 aliphatic carbocycles. The molecule has 7 N–H and O–H groups in total. The second kappa shape index (κ2) is 26.6. The number of unbranched alkanes of at least 4 members (excludes halogenated alkanes) is 1. The van der Waals surface area contributed by atoms with Crippen molar-refractivity contribution in [2.45, 2.75) is 76.3 Å². The van der Waals surface area contributed by atoms with Crippen LogP contribution in [0.3, 0.4) is 0 Å². The van der Waals surface area contributed by atoms with Crippen LogP contribution in [0.4, 0.5) is 9.59 Å². The van der Waals surface area contributed by atoms with Crippen molar-refractivity contribution < 1.29 is 67.8 Å². The normalized spacial score (nSPS) is 18.5. The molecule has 0 heterocycles. The minimum Gasteiger partial charge on any atom is -0.481 e. The molecule has 2 rings (SSSR count). The zero-order valence-corrected chi connectivity index (χ0v) is 29.6. The van der Waals surface area contributed by atoms with Gasteiger partial charge in [0.2, 0.25) is 5.91 Å². The molecule has 18 heteroatoms. The molecule has 0 spiro atoms. The number of fused-ring (bicyclic) bond motifs is 1. The third kappa shape index (κ3) is 20.6. The van der Waals surface area contributed by atoms with Gasteiger partial charge >= 0.3 is 30.0 Å². The van der Waals surface area contributed by atoms with Crippen LogP contribution >= 0.6 is 0 Å². The minimum atomic E-state index is -1.48. The van der Waals surface area contributed by atoms with Gasteiger partial charge in [-0.2, -0.15) is 0 Å². The van der Waals surface area contributed by atoms with Gasteiger partial charge in [0, 0.05) is 38.8 Å². The van der Waals surface area contributed by atoms with Crippen LogP contribution < -0.4 is 21.3 Å². The molecule has 18 nitrogen and oxygen atoms in total. The van der Waals surface area contributed by atoms with Gasteiger partial charge in [-0.15, -0.1) is 11.8 Å². The van der Waals surface area contributed by atoms with Crippen molar-refractivity contribution in [3.05, 3.63) is 0 Å². The lowest BCUT2D eigenvalue weighted by Crippen LogP contribution is -2.51. The second-order valence-electron chi connectivity index (χ2n) is 12.3. The number of carboxylic acids is 3. The Morgan fingerprint density at radius 1 is 0.635 bits per heavy atom. The number of urea groups is 1. The van der Waals surface area contributed by atoms with E-state index in [4.69, 9.17) is 33.9 Å². The van der Waals surface area contributed by atoms with Gasteiger partial charge in [0.15, 0.2) is 0 Å². The fourth-order valence-electron chi connectivity index (χ4n) is 5.59. The van der Waals surface area contributed by atoms with Crippen molar-refractivity contribution in [2.75, 3.05) is 72.6 Å². The maximum atomic E-state index is 12.0. The first kappa shape index (κ1) is 44.0. The maximum Gasteiger partial charge on any atom is 0.407 e. The molecule has 0 saturated heterocycles. The van der Waals surface area contributed by atoms with E-state index in [0.717, 1.165) is 25.7 Å². The molecular formula is C34H54N4O14. The summed E-state index contributed by atoms with van der Waals surface area (Å²) in [6.45, 7) is 3.77. The highest BCUT2D eigenvalue weighted by molar-refractivity contribution is 5.86. The molecule has 4 amide bonds. The van der Waals surface area contributed by atoms with Crippen LogP contribution in [0.1, 0.15) is 64.2 Å². The smallest absolute Gasteiger partial charge is 0.407 e. The first-order valence-electron chi connectivity index (χ1n) is 17.8. The third-order valence-electron chi connectivity index (χ3n) is 8.45. The van der Waals surface area contributed by atoms with E-state index < -0.39 is 48.5 Å². The first-order chi connectivity index (χ1) is 25.1. The van der Waals surface area contributed by atoms with Crippen molar-refractivity contribution in [1.29, 1.82) is 0 Å². The number of carboxylic acid groups (broad SMARTS) is 3. The molecule has 1 fully saturated rings. The lowest BCUT2D eigenvalue weighted by atomic mass is 10.1. The average molecular weight is 743 g/mol. The van der Waals surface area contributed by atoms with Crippen molar-refractivity contribution in [3.63, 3.8) is 0 Å². The van der Waals surface area contributed by atoms with E-state index in [1.807, 2.05) is 0 Å². The number of rotatable bonds is 29. The minimum absolute atomic E-state index is 0.0306. The average Bonchev–Trinajstić information content (AvgIpc) is 3.74. The Balaban J connectivity index is 1.33. The van der Waals surface area contributed by atoms with Crippen molar-refractivity contribution in [3.8, 4) is 11.8 Å². The van der Waals surface area contributed by atoms with Crippen LogP contribution in [0, 0.1) is 29.6 Å². The van der Waals surface area contributed by atoms with Gasteiger partial charge in [-0.05, 0) is 56.3 Å². The fourth-order valence-corrected chi connectivity index (χ4v) is 5.59. The lowest BCUT2D eigenvalue weighted by molar-refractivity contribution is -0.140. The molecule has 0 bridgehead atoms. The molecule has 0 aromatic carbocycles. The van der Waals surface area contributed by atoms with E-state index in [1.54, 1.807) is 0 Å². The molecule has 5 atom stereocenters. The van der Waals surface area contributed by atoms with Gasteiger partial charge in [0.05, 0.1) is 59.5 Å². The SMILES string of the molecule is O=C(O)CC[C@H](NC(=O)N[C@@H](CCCCNC(=O)CCOCCOCCOCCOCCNC(=O)OCC1[C@H]2CCC#CCC[C@@H]12)C(=O)O)C(=O)O. The molecule has 0 aliphatic heterocycles. The molecule has 1 saturated carbocycles. The summed E-state index contributed by atoms with van der Waals surface area (Å²) < 4.78 is 27.1. The standard InChI is InChI=1S/C34H54N4O14/c39-29(35-13-6-5-9-27(31(42)43)37-33(46)38-28(32(44)45)10-11-30(40)41)12-15-48-17-19-50-21-22-51-20-18-49-16-14-36-34(47)52-23-26-24-7-3-1-2-4-8-25(24)26/h24-28H,3-23H2,(H,35,39)(H,36,47)(H,40,41)(H,42,43)(H,44,45)(H2,37,38,46)/t24-,25+,26?,27-,28-/m0/s1. The quantitative estimate of drug-likeness (QED) is 0.0416. The van der Waals surface area contributed by atoms with Crippen LogP contribution in [-0.4, -0.2) is 136 Å². The zero-order chi connectivity index (χ0) is 38.0. The number of aliphatic carboxylic acids is 3. The Bertz CT molecular complexity index is 1170. The van der Waals surface area contributed by atoms with Crippen molar-refractivity contribution in [1.82, 2.24) is 21.3 Å². The fraction of sp³-hybridized carbons (Fsp3) is 0.765. The van der Waals surface area contributed by atoms with Crippen molar-refractivity contribution in [2.24, 2.45) is 17.8 Å². The van der Waals surface area contributed by atoms with Crippen LogP contribution in [0.2, 0.25) is 0 Å². The Morgan fingerprint density at radius 3 is 1.73 bits per heavy atom. The summed E-state index contributed by atoms with van der Waals surface area (Å²) in [7, 11) is 0. The van der Waals surface area contributed by atoms with Crippen LogP contribution in [0.5, 0.6) is 0 Å². The molecule has 0 radical (unpaired) electrons. The first-order valence-corrected chi connectivity index (χ1v) is 17.8. The second-order valence-corrected chi connectivity index (χ2v) is 12.3. The molecule has 294 valence electrons. The molecular weight excluding hydrogens is 688 g/mol. The van der Waals surface area contributed by atoms with E-state index in [9.17, 15) is 33.9 Å². The summed E-state index contributed by atoms with van der Waals surface area (Å²) in [5, 5.41) is 36.8. The number of hydrogen-bond donors (Lipinski definition) is 7. The number of ether oxygens (including phenoxy) is 5. The molecule has 52 heavy (non-hydrogen) atoms. The Labute approximate surface area is 303 Å². The van der Waals surface area contributed by atoms with E-state index in [0.29, 0.717) is 90.0 Å². The highest BCUT2D eigenvalue weighted by Gasteiger charge is 2.49. The Morgan fingerprint density at radius 2 is 1.17 bits per heavy atom. The predicted molar refractivity (Wildman–Crippen MR) is 182 cm³/mol. The number of hydrogen-bond acceptors (Lipinski definition) is 11.